The molecule has 1 aromatic carbocycles. The highest BCUT2D eigenvalue weighted by atomic mass is 16.5. The lowest BCUT2D eigenvalue weighted by molar-refractivity contribution is 0.0973. The van der Waals surface area contributed by atoms with Crippen LogP contribution in [0.4, 0.5) is 0 Å². The number of carbonyl (C=O) groups excluding carboxylic acids is 1. The minimum atomic E-state index is -0.911. The number of carbonyl (C=O) groups is 1. The van der Waals surface area contributed by atoms with Crippen molar-refractivity contribution in [3.05, 3.63) is 59.9 Å². The average molecular weight is 252 g/mol. The fourth-order valence-electron chi connectivity index (χ4n) is 1.83. The predicted molar refractivity (Wildman–Crippen MR) is 69.9 cm³/mol. The van der Waals surface area contributed by atoms with Gasteiger partial charge in [-0.1, -0.05) is 24.3 Å². The maximum absolute atomic E-state index is 12.3. The van der Waals surface area contributed by atoms with Crippen LogP contribution < -0.4 is 4.74 Å². The summed E-state index contributed by atoms with van der Waals surface area (Å²) in [7, 11) is 1.51. The van der Waals surface area contributed by atoms with Crippen molar-refractivity contribution in [2.24, 2.45) is 0 Å². The number of benzene rings is 1. The number of methoxy groups -OCH3 is 1. The van der Waals surface area contributed by atoms with E-state index in [1.54, 1.807) is 42.5 Å². The normalized spacial score (nSPS) is 11.4. The molecule has 0 spiro atoms. The van der Waals surface area contributed by atoms with Gasteiger partial charge < -0.3 is 4.74 Å². The van der Waals surface area contributed by atoms with Crippen molar-refractivity contribution in [1.29, 1.82) is 5.26 Å². The molecule has 0 amide bonds. The number of nitrogens with zero attached hydrogens (tertiary/aromatic N) is 2. The minimum Gasteiger partial charge on any atom is -0.496 e. The number of ketones is 1. The molecule has 19 heavy (non-hydrogen) atoms. The standard InChI is InChI=1S/C15H12N2O2/c1-19-14-8-3-2-6-11(14)12(10-16)15(18)13-7-4-5-9-17-13/h2-9,12H,1H3. The number of Topliss-reactive ketones (excluding diaryl/α,β-unsaturated/α-hetero) is 1. The fourth-order valence-corrected chi connectivity index (χ4v) is 1.83. The number of hydrogen-bond donors (Lipinski definition) is 0. The van der Waals surface area contributed by atoms with Crippen molar-refractivity contribution < 1.29 is 9.53 Å². The highest BCUT2D eigenvalue weighted by Gasteiger charge is 2.25. The molecule has 0 N–H and O–H groups in total. The molecule has 0 bridgehead atoms. The zero-order valence-corrected chi connectivity index (χ0v) is 10.4. The molecule has 2 aromatic rings. The van der Waals surface area contributed by atoms with Gasteiger partial charge >= 0.3 is 0 Å². The van der Waals surface area contributed by atoms with Crippen LogP contribution in [0.3, 0.4) is 0 Å². The van der Waals surface area contributed by atoms with Crippen LogP contribution in [0.15, 0.2) is 48.7 Å². The second-order valence-corrected chi connectivity index (χ2v) is 3.88. The topological polar surface area (TPSA) is 63.0 Å². The highest BCUT2D eigenvalue weighted by Crippen LogP contribution is 2.28. The lowest BCUT2D eigenvalue weighted by Gasteiger charge is -2.12. The molecule has 1 aromatic heterocycles. The molecular formula is C15H12N2O2. The van der Waals surface area contributed by atoms with E-state index in [0.717, 1.165) is 0 Å². The maximum Gasteiger partial charge on any atom is 0.202 e. The summed E-state index contributed by atoms with van der Waals surface area (Å²) < 4.78 is 5.19. The molecule has 0 aliphatic rings. The molecule has 0 saturated carbocycles. The number of para-hydroxylation sites is 1. The van der Waals surface area contributed by atoms with Gasteiger partial charge in [-0.3, -0.25) is 9.78 Å². The molecule has 0 saturated heterocycles. The SMILES string of the molecule is COc1ccccc1C(C#N)C(=O)c1ccccn1. The van der Waals surface area contributed by atoms with E-state index in [4.69, 9.17) is 4.74 Å². The molecule has 4 heteroatoms. The molecule has 2 rings (SSSR count). The van der Waals surface area contributed by atoms with Gasteiger partial charge in [0.2, 0.25) is 5.78 Å². The van der Waals surface area contributed by atoms with Crippen LogP contribution in [0.5, 0.6) is 5.75 Å². The van der Waals surface area contributed by atoms with E-state index in [1.807, 2.05) is 6.07 Å². The molecule has 94 valence electrons. The molecule has 4 nitrogen and oxygen atoms in total. The summed E-state index contributed by atoms with van der Waals surface area (Å²) in [5, 5.41) is 9.28. The van der Waals surface area contributed by atoms with E-state index >= 15 is 0 Å². The van der Waals surface area contributed by atoms with Crippen LogP contribution in [0.25, 0.3) is 0 Å². The van der Waals surface area contributed by atoms with Gasteiger partial charge in [-0.05, 0) is 18.2 Å². The van der Waals surface area contributed by atoms with E-state index in [0.29, 0.717) is 11.3 Å². The first-order chi connectivity index (χ1) is 9.27. The molecule has 0 aliphatic carbocycles. The quantitative estimate of drug-likeness (QED) is 0.784. The summed E-state index contributed by atoms with van der Waals surface area (Å²) in [5.74, 6) is -0.711. The van der Waals surface area contributed by atoms with Crippen molar-refractivity contribution in [1.82, 2.24) is 4.98 Å². The molecule has 1 heterocycles. The number of ether oxygens (including phenoxy) is 1. The second kappa shape index (κ2) is 5.78. The highest BCUT2D eigenvalue weighted by molar-refractivity contribution is 6.01. The second-order valence-electron chi connectivity index (χ2n) is 3.88. The van der Waals surface area contributed by atoms with Gasteiger partial charge in [0.1, 0.15) is 17.4 Å². The zero-order chi connectivity index (χ0) is 13.7. The first kappa shape index (κ1) is 12.8. The Morgan fingerprint density at radius 1 is 1.26 bits per heavy atom. The van der Waals surface area contributed by atoms with Crippen LogP contribution in [-0.4, -0.2) is 17.9 Å². The Morgan fingerprint density at radius 3 is 2.63 bits per heavy atom. The summed E-state index contributed by atoms with van der Waals surface area (Å²) in [4.78, 5) is 16.3. The Kier molecular flexibility index (Phi) is 3.89. The van der Waals surface area contributed by atoms with Gasteiger partial charge in [-0.15, -0.1) is 0 Å². The van der Waals surface area contributed by atoms with Gasteiger partial charge in [0, 0.05) is 11.8 Å². The number of hydrogen-bond acceptors (Lipinski definition) is 4. The van der Waals surface area contributed by atoms with Crippen molar-refractivity contribution in [3.8, 4) is 11.8 Å². The summed E-state index contributed by atoms with van der Waals surface area (Å²) >= 11 is 0. The molecule has 1 atom stereocenters. The smallest absolute Gasteiger partial charge is 0.202 e. The lowest BCUT2D eigenvalue weighted by Crippen LogP contribution is -2.13. The van der Waals surface area contributed by atoms with E-state index in [1.165, 1.54) is 13.3 Å². The van der Waals surface area contributed by atoms with Gasteiger partial charge in [0.25, 0.3) is 0 Å². The third-order valence-electron chi connectivity index (χ3n) is 2.76. The van der Waals surface area contributed by atoms with E-state index < -0.39 is 5.92 Å². The molecule has 0 aliphatic heterocycles. The molecular weight excluding hydrogens is 240 g/mol. The predicted octanol–water partition coefficient (Wildman–Crippen LogP) is 2.58. The van der Waals surface area contributed by atoms with Gasteiger partial charge in [-0.2, -0.15) is 5.26 Å². The van der Waals surface area contributed by atoms with Crippen molar-refractivity contribution >= 4 is 5.78 Å². The summed E-state index contributed by atoms with van der Waals surface area (Å²) in [6.07, 6.45) is 1.53. The van der Waals surface area contributed by atoms with E-state index in [9.17, 15) is 10.1 Å². The maximum atomic E-state index is 12.3. The Hall–Kier alpha value is -2.67. The van der Waals surface area contributed by atoms with Crippen LogP contribution in [0.1, 0.15) is 22.0 Å². The molecule has 0 radical (unpaired) electrons. The van der Waals surface area contributed by atoms with Gasteiger partial charge in [0.15, 0.2) is 0 Å². The average Bonchev–Trinajstić information content (AvgIpc) is 2.49. The Labute approximate surface area is 111 Å². The van der Waals surface area contributed by atoms with Crippen molar-refractivity contribution in [2.75, 3.05) is 7.11 Å². The third-order valence-corrected chi connectivity index (χ3v) is 2.76. The summed E-state index contributed by atoms with van der Waals surface area (Å²) in [6.45, 7) is 0. The summed E-state index contributed by atoms with van der Waals surface area (Å²) in [6, 6.07) is 14.1. The van der Waals surface area contributed by atoms with E-state index in [-0.39, 0.29) is 11.5 Å². The fraction of sp³-hybridized carbons (Fsp3) is 0.133. The molecule has 0 fully saturated rings. The number of nitriles is 1. The Balaban J connectivity index is 2.41. The van der Waals surface area contributed by atoms with Gasteiger partial charge in [-0.25, -0.2) is 0 Å². The Morgan fingerprint density at radius 2 is 2.00 bits per heavy atom. The van der Waals surface area contributed by atoms with Crippen LogP contribution in [-0.2, 0) is 0 Å². The molecule has 1 unspecified atom stereocenters. The largest absolute Gasteiger partial charge is 0.496 e. The number of rotatable bonds is 4. The summed E-state index contributed by atoms with van der Waals surface area (Å²) in [5.41, 5.74) is 0.836. The lowest BCUT2D eigenvalue weighted by atomic mass is 9.93. The van der Waals surface area contributed by atoms with Crippen LogP contribution in [0.2, 0.25) is 0 Å². The van der Waals surface area contributed by atoms with Crippen molar-refractivity contribution in [3.63, 3.8) is 0 Å². The number of pyridine rings is 1. The number of aromatic nitrogens is 1. The van der Waals surface area contributed by atoms with E-state index in [2.05, 4.69) is 4.98 Å². The van der Waals surface area contributed by atoms with Gasteiger partial charge in [0.05, 0.1) is 13.2 Å². The zero-order valence-electron chi connectivity index (χ0n) is 10.4. The third kappa shape index (κ3) is 2.61. The monoisotopic (exact) mass is 252 g/mol. The Bertz CT molecular complexity index is 618. The first-order valence-electron chi connectivity index (χ1n) is 5.75. The van der Waals surface area contributed by atoms with Crippen molar-refractivity contribution in [2.45, 2.75) is 5.92 Å². The minimum absolute atomic E-state index is 0.278. The first-order valence-corrected chi connectivity index (χ1v) is 5.75. The van der Waals surface area contributed by atoms with Crippen LogP contribution >= 0.6 is 0 Å². The van der Waals surface area contributed by atoms with Crippen LogP contribution in [0, 0.1) is 11.3 Å².